The molecule has 1 fully saturated rings. The molecular weight excluding hydrogens is 239 g/mol. The van der Waals surface area contributed by atoms with Gasteiger partial charge in [-0.3, -0.25) is 0 Å². The zero-order valence-corrected chi connectivity index (χ0v) is 10.6. The molecule has 1 saturated heterocycles. The lowest BCUT2D eigenvalue weighted by Crippen LogP contribution is -2.41. The van der Waals surface area contributed by atoms with E-state index in [1.165, 1.54) is 25.3 Å². The summed E-state index contributed by atoms with van der Waals surface area (Å²) in [4.78, 5) is 0. The van der Waals surface area contributed by atoms with Gasteiger partial charge in [-0.1, -0.05) is 24.1 Å². The van der Waals surface area contributed by atoms with Gasteiger partial charge in [-0.15, -0.1) is 0 Å². The minimum absolute atomic E-state index is 0.235. The maximum atomic E-state index is 13.5. The Morgan fingerprint density at radius 2 is 2.29 bits per heavy atom. The van der Waals surface area contributed by atoms with Crippen LogP contribution in [0.15, 0.2) is 18.2 Å². The minimum atomic E-state index is -0.235. The van der Waals surface area contributed by atoms with Gasteiger partial charge < -0.3 is 10.6 Å². The number of benzene rings is 1. The lowest BCUT2D eigenvalue weighted by atomic mass is 10.1. The van der Waals surface area contributed by atoms with Crippen molar-refractivity contribution in [2.75, 3.05) is 13.1 Å². The van der Waals surface area contributed by atoms with Gasteiger partial charge in [0.05, 0.1) is 0 Å². The molecule has 94 valence electrons. The van der Waals surface area contributed by atoms with Gasteiger partial charge in [-0.2, -0.15) is 0 Å². The highest BCUT2D eigenvalue weighted by Crippen LogP contribution is 2.18. The van der Waals surface area contributed by atoms with E-state index in [1.54, 1.807) is 12.1 Å². The fourth-order valence-electron chi connectivity index (χ4n) is 2.17. The number of nitrogens with one attached hydrogen (secondary N) is 2. The quantitative estimate of drug-likeness (QED) is 0.866. The maximum absolute atomic E-state index is 13.5. The van der Waals surface area contributed by atoms with Gasteiger partial charge in [0.2, 0.25) is 0 Å². The molecule has 1 aliphatic heterocycles. The summed E-state index contributed by atoms with van der Waals surface area (Å²) in [7, 11) is 0. The monoisotopic (exact) mass is 256 g/mol. The van der Waals surface area contributed by atoms with E-state index in [0.717, 1.165) is 13.1 Å². The Balaban J connectivity index is 1.81. The Morgan fingerprint density at radius 3 is 3.00 bits per heavy atom. The van der Waals surface area contributed by atoms with Crippen molar-refractivity contribution in [1.82, 2.24) is 10.6 Å². The summed E-state index contributed by atoms with van der Waals surface area (Å²) in [6.07, 6.45) is 3.73. The lowest BCUT2D eigenvalue weighted by Gasteiger charge is -2.23. The van der Waals surface area contributed by atoms with E-state index in [0.29, 0.717) is 23.2 Å². The first kappa shape index (κ1) is 12.8. The molecule has 0 radical (unpaired) electrons. The molecule has 1 unspecified atom stereocenters. The van der Waals surface area contributed by atoms with Crippen molar-refractivity contribution in [3.8, 4) is 0 Å². The van der Waals surface area contributed by atoms with Crippen molar-refractivity contribution in [2.45, 2.75) is 31.8 Å². The van der Waals surface area contributed by atoms with Crippen LogP contribution in [0.4, 0.5) is 4.39 Å². The summed E-state index contributed by atoms with van der Waals surface area (Å²) in [6.45, 7) is 2.45. The third-order valence-electron chi connectivity index (χ3n) is 3.17. The van der Waals surface area contributed by atoms with Crippen molar-refractivity contribution >= 4 is 11.6 Å². The van der Waals surface area contributed by atoms with Crippen LogP contribution in [0, 0.1) is 5.82 Å². The highest BCUT2D eigenvalue weighted by atomic mass is 35.5. The molecule has 17 heavy (non-hydrogen) atoms. The van der Waals surface area contributed by atoms with E-state index in [-0.39, 0.29) is 5.82 Å². The molecule has 1 aromatic rings. The lowest BCUT2D eigenvalue weighted by molar-refractivity contribution is 0.382. The molecule has 0 saturated carbocycles. The van der Waals surface area contributed by atoms with Crippen LogP contribution in [0.5, 0.6) is 0 Å². The van der Waals surface area contributed by atoms with Crippen LogP contribution in [-0.4, -0.2) is 19.1 Å². The van der Waals surface area contributed by atoms with Crippen molar-refractivity contribution in [1.29, 1.82) is 0 Å². The van der Waals surface area contributed by atoms with Gasteiger partial charge in [-0.25, -0.2) is 4.39 Å². The molecule has 1 heterocycles. The van der Waals surface area contributed by atoms with Crippen LogP contribution in [0.3, 0.4) is 0 Å². The number of rotatable bonds is 4. The fraction of sp³-hybridized carbons (Fsp3) is 0.538. The molecule has 4 heteroatoms. The Kier molecular flexibility index (Phi) is 4.77. The van der Waals surface area contributed by atoms with Gasteiger partial charge >= 0.3 is 0 Å². The molecule has 0 spiro atoms. The molecule has 0 aromatic heterocycles. The van der Waals surface area contributed by atoms with E-state index in [2.05, 4.69) is 10.6 Å². The van der Waals surface area contributed by atoms with E-state index in [9.17, 15) is 4.39 Å². The molecule has 2 nitrogen and oxygen atoms in total. The highest BCUT2D eigenvalue weighted by Gasteiger charge is 2.12. The Morgan fingerprint density at radius 1 is 1.41 bits per heavy atom. The number of hydrogen-bond donors (Lipinski definition) is 2. The second kappa shape index (κ2) is 6.34. The summed E-state index contributed by atoms with van der Waals surface area (Å²) in [6, 6.07) is 5.31. The predicted molar refractivity (Wildman–Crippen MR) is 68.8 cm³/mol. The average Bonchev–Trinajstić information content (AvgIpc) is 2.34. The van der Waals surface area contributed by atoms with Crippen molar-refractivity contribution in [3.05, 3.63) is 34.6 Å². The third kappa shape index (κ3) is 3.66. The zero-order chi connectivity index (χ0) is 12.1. The topological polar surface area (TPSA) is 24.1 Å². The molecule has 1 aromatic carbocycles. The van der Waals surface area contributed by atoms with Gasteiger partial charge in [0.15, 0.2) is 0 Å². The first-order valence-electron chi connectivity index (χ1n) is 6.14. The summed E-state index contributed by atoms with van der Waals surface area (Å²) < 4.78 is 13.5. The van der Waals surface area contributed by atoms with Crippen LogP contribution in [0.25, 0.3) is 0 Å². The van der Waals surface area contributed by atoms with Crippen LogP contribution >= 0.6 is 11.6 Å². The average molecular weight is 257 g/mol. The van der Waals surface area contributed by atoms with Crippen molar-refractivity contribution in [3.63, 3.8) is 0 Å². The fourth-order valence-corrected chi connectivity index (χ4v) is 2.40. The smallest absolute Gasteiger partial charge is 0.129 e. The second-order valence-electron chi connectivity index (χ2n) is 4.48. The van der Waals surface area contributed by atoms with Gasteiger partial charge in [0.25, 0.3) is 0 Å². The van der Waals surface area contributed by atoms with Gasteiger partial charge in [-0.05, 0) is 31.5 Å². The second-order valence-corrected chi connectivity index (χ2v) is 4.89. The van der Waals surface area contributed by atoms with Gasteiger partial charge in [0, 0.05) is 29.7 Å². The van der Waals surface area contributed by atoms with Crippen molar-refractivity contribution in [2.24, 2.45) is 0 Å². The molecule has 0 amide bonds. The van der Waals surface area contributed by atoms with E-state index in [4.69, 9.17) is 11.6 Å². The number of hydrogen-bond acceptors (Lipinski definition) is 2. The first-order valence-corrected chi connectivity index (χ1v) is 6.52. The van der Waals surface area contributed by atoms with E-state index in [1.807, 2.05) is 0 Å². The molecule has 1 atom stereocenters. The number of halogens is 2. The van der Waals surface area contributed by atoms with Crippen LogP contribution in [-0.2, 0) is 6.54 Å². The van der Waals surface area contributed by atoms with Crippen LogP contribution in [0.1, 0.15) is 24.8 Å². The van der Waals surface area contributed by atoms with Gasteiger partial charge in [0.1, 0.15) is 5.82 Å². The predicted octanol–water partition coefficient (Wildman–Crippen LogP) is 2.71. The zero-order valence-electron chi connectivity index (χ0n) is 9.81. The van der Waals surface area contributed by atoms with Crippen LogP contribution < -0.4 is 10.6 Å². The normalized spacial score (nSPS) is 20.5. The largest absolute Gasteiger partial charge is 0.313 e. The SMILES string of the molecule is Fc1cccc(Cl)c1CNCC1CCCCN1. The summed E-state index contributed by atoms with van der Waals surface area (Å²) >= 11 is 5.96. The molecule has 1 aliphatic rings. The summed E-state index contributed by atoms with van der Waals surface area (Å²) in [5.41, 5.74) is 0.560. The Bertz CT molecular complexity index is 344. The van der Waals surface area contributed by atoms with E-state index < -0.39 is 0 Å². The maximum Gasteiger partial charge on any atom is 0.129 e. The third-order valence-corrected chi connectivity index (χ3v) is 3.52. The minimum Gasteiger partial charge on any atom is -0.313 e. The number of piperidine rings is 1. The standard InChI is InChI=1S/C13H18ClFN2/c14-12-5-3-6-13(15)11(12)9-16-8-10-4-1-2-7-17-10/h3,5-6,10,16-17H,1-2,4,7-9H2. The van der Waals surface area contributed by atoms with Crippen LogP contribution in [0.2, 0.25) is 5.02 Å². The molecular formula is C13H18ClFN2. The summed E-state index contributed by atoms with van der Waals surface area (Å²) in [5, 5.41) is 7.21. The Labute approximate surface area is 107 Å². The molecule has 2 N–H and O–H groups in total. The Hall–Kier alpha value is -0.640. The van der Waals surface area contributed by atoms with E-state index >= 15 is 0 Å². The summed E-state index contributed by atoms with van der Waals surface area (Å²) in [5.74, 6) is -0.235. The molecule has 0 bridgehead atoms. The first-order chi connectivity index (χ1) is 8.27. The molecule has 0 aliphatic carbocycles. The molecule has 2 rings (SSSR count). The van der Waals surface area contributed by atoms with Crippen molar-refractivity contribution < 1.29 is 4.39 Å². The highest BCUT2D eigenvalue weighted by molar-refractivity contribution is 6.31.